The third-order valence-electron chi connectivity index (χ3n) is 3.63. The molecule has 1 aromatic carbocycles. The van der Waals surface area contributed by atoms with E-state index >= 15 is 0 Å². The molecular weight excluding hydrogens is 340 g/mol. The number of rotatable bonds is 6. The smallest absolute Gasteiger partial charge is 0.416 e. The average molecular weight is 357 g/mol. The van der Waals surface area contributed by atoms with Crippen LogP contribution in [0.5, 0.6) is 0 Å². The van der Waals surface area contributed by atoms with Gasteiger partial charge in [0.1, 0.15) is 0 Å². The fourth-order valence-electron chi connectivity index (χ4n) is 2.44. The van der Waals surface area contributed by atoms with E-state index in [-0.39, 0.29) is 31.0 Å². The maximum atomic E-state index is 13.0. The zero-order chi connectivity index (χ0) is 18.7. The van der Waals surface area contributed by atoms with Crippen molar-refractivity contribution < 1.29 is 36.2 Å². The highest BCUT2D eigenvalue weighted by Gasteiger charge is 2.38. The molecule has 0 spiro atoms. The SMILES string of the molecule is CC(Cc1ccc(C(F)(F)F)cc1C(F)(F)F)CC(CN)C(=O)O. The van der Waals surface area contributed by atoms with Crippen LogP contribution < -0.4 is 5.73 Å². The molecule has 136 valence electrons. The topological polar surface area (TPSA) is 63.3 Å². The minimum absolute atomic E-state index is 0.0319. The molecule has 0 aliphatic rings. The van der Waals surface area contributed by atoms with E-state index in [4.69, 9.17) is 10.8 Å². The summed E-state index contributed by atoms with van der Waals surface area (Å²) in [6, 6.07) is 1.47. The maximum absolute atomic E-state index is 13.0. The van der Waals surface area contributed by atoms with Crippen LogP contribution in [0.1, 0.15) is 30.0 Å². The van der Waals surface area contributed by atoms with Gasteiger partial charge in [-0.3, -0.25) is 4.79 Å². The molecule has 3 N–H and O–H groups in total. The number of halogens is 6. The Kier molecular flexibility index (Phi) is 6.26. The number of aliphatic carboxylic acids is 1. The van der Waals surface area contributed by atoms with Crippen molar-refractivity contribution >= 4 is 5.97 Å². The minimum atomic E-state index is -4.93. The zero-order valence-corrected chi connectivity index (χ0v) is 12.7. The summed E-state index contributed by atoms with van der Waals surface area (Å²) in [6.07, 6.45) is -9.98. The lowest BCUT2D eigenvalue weighted by Crippen LogP contribution is -2.26. The molecule has 0 saturated carbocycles. The number of hydrogen-bond donors (Lipinski definition) is 2. The molecule has 1 aromatic rings. The van der Waals surface area contributed by atoms with Crippen molar-refractivity contribution in [2.45, 2.75) is 32.1 Å². The predicted octanol–water partition coefficient (Wildman–Crippen LogP) is 3.95. The second-order valence-electron chi connectivity index (χ2n) is 5.68. The summed E-state index contributed by atoms with van der Waals surface area (Å²) < 4.78 is 77.0. The van der Waals surface area contributed by atoms with Crippen molar-refractivity contribution in [2.75, 3.05) is 6.54 Å². The van der Waals surface area contributed by atoms with Gasteiger partial charge in [0.15, 0.2) is 0 Å². The number of benzene rings is 1. The minimum Gasteiger partial charge on any atom is -0.481 e. The molecule has 0 fully saturated rings. The first-order valence-electron chi connectivity index (χ1n) is 7.06. The van der Waals surface area contributed by atoms with Crippen LogP contribution in [0.15, 0.2) is 18.2 Å². The lowest BCUT2D eigenvalue weighted by atomic mass is 9.88. The Hall–Kier alpha value is -1.77. The van der Waals surface area contributed by atoms with E-state index in [1.807, 2.05) is 0 Å². The second-order valence-corrected chi connectivity index (χ2v) is 5.68. The van der Waals surface area contributed by atoms with Gasteiger partial charge in [-0.2, -0.15) is 26.3 Å². The summed E-state index contributed by atoms with van der Waals surface area (Å²) >= 11 is 0. The van der Waals surface area contributed by atoms with Crippen LogP contribution in [0.2, 0.25) is 0 Å². The normalized spacial score (nSPS) is 15.2. The van der Waals surface area contributed by atoms with E-state index < -0.39 is 41.3 Å². The number of nitrogens with two attached hydrogens (primary N) is 1. The highest BCUT2D eigenvalue weighted by Crippen LogP contribution is 2.38. The van der Waals surface area contributed by atoms with E-state index in [2.05, 4.69) is 0 Å². The van der Waals surface area contributed by atoms with Crippen LogP contribution >= 0.6 is 0 Å². The van der Waals surface area contributed by atoms with Gasteiger partial charge in [-0.1, -0.05) is 13.0 Å². The Bertz CT molecular complexity index is 582. The molecule has 24 heavy (non-hydrogen) atoms. The summed E-state index contributed by atoms with van der Waals surface area (Å²) in [5.41, 5.74) is 2.26. The van der Waals surface area contributed by atoms with Crippen molar-refractivity contribution in [3.05, 3.63) is 34.9 Å². The molecule has 2 atom stereocenters. The first-order valence-corrected chi connectivity index (χ1v) is 7.06. The fraction of sp³-hybridized carbons (Fsp3) is 0.533. The average Bonchev–Trinajstić information content (AvgIpc) is 2.42. The van der Waals surface area contributed by atoms with Crippen molar-refractivity contribution in [1.82, 2.24) is 0 Å². The van der Waals surface area contributed by atoms with Gasteiger partial charge < -0.3 is 10.8 Å². The fourth-order valence-corrected chi connectivity index (χ4v) is 2.44. The lowest BCUT2D eigenvalue weighted by Gasteiger charge is -2.20. The van der Waals surface area contributed by atoms with Gasteiger partial charge in [0.05, 0.1) is 17.0 Å². The van der Waals surface area contributed by atoms with Gasteiger partial charge in [0.2, 0.25) is 0 Å². The quantitative estimate of drug-likeness (QED) is 0.758. The zero-order valence-electron chi connectivity index (χ0n) is 12.7. The summed E-state index contributed by atoms with van der Waals surface area (Å²) in [6.45, 7) is 1.36. The van der Waals surface area contributed by atoms with Gasteiger partial charge in [0, 0.05) is 6.54 Å². The molecular formula is C15H17F6NO2. The molecule has 0 radical (unpaired) electrons. The molecule has 0 aliphatic carbocycles. The molecule has 0 aromatic heterocycles. The summed E-state index contributed by atoms with van der Waals surface area (Å²) in [4.78, 5) is 10.9. The number of alkyl halides is 6. The first kappa shape index (κ1) is 20.3. The Morgan fingerprint density at radius 1 is 1.17 bits per heavy atom. The van der Waals surface area contributed by atoms with Gasteiger partial charge in [0.25, 0.3) is 0 Å². The number of carbonyl (C=O) groups is 1. The van der Waals surface area contributed by atoms with Crippen molar-refractivity contribution in [1.29, 1.82) is 0 Å². The maximum Gasteiger partial charge on any atom is 0.416 e. The van der Waals surface area contributed by atoms with E-state index in [9.17, 15) is 31.1 Å². The Morgan fingerprint density at radius 2 is 1.75 bits per heavy atom. The van der Waals surface area contributed by atoms with Crippen LogP contribution in [0.4, 0.5) is 26.3 Å². The molecule has 9 heteroatoms. The number of carboxylic acids is 1. The molecule has 0 bridgehead atoms. The predicted molar refractivity (Wildman–Crippen MR) is 74.1 cm³/mol. The molecule has 2 unspecified atom stereocenters. The third-order valence-corrected chi connectivity index (χ3v) is 3.63. The van der Waals surface area contributed by atoms with Crippen LogP contribution in [0.25, 0.3) is 0 Å². The van der Waals surface area contributed by atoms with E-state index in [1.54, 1.807) is 0 Å². The molecule has 3 nitrogen and oxygen atoms in total. The highest BCUT2D eigenvalue weighted by atomic mass is 19.4. The number of hydrogen-bond acceptors (Lipinski definition) is 2. The van der Waals surface area contributed by atoms with Crippen molar-refractivity contribution in [3.8, 4) is 0 Å². The Morgan fingerprint density at radius 3 is 2.17 bits per heavy atom. The highest BCUT2D eigenvalue weighted by molar-refractivity contribution is 5.70. The van der Waals surface area contributed by atoms with Gasteiger partial charge in [-0.15, -0.1) is 0 Å². The van der Waals surface area contributed by atoms with Crippen LogP contribution in [0.3, 0.4) is 0 Å². The number of carboxylic acid groups (broad SMARTS) is 1. The van der Waals surface area contributed by atoms with Gasteiger partial charge >= 0.3 is 18.3 Å². The largest absolute Gasteiger partial charge is 0.481 e. The summed E-state index contributed by atoms with van der Waals surface area (Å²) in [5.74, 6) is -2.57. The van der Waals surface area contributed by atoms with Crippen molar-refractivity contribution in [2.24, 2.45) is 17.6 Å². The first-order chi connectivity index (χ1) is 10.9. The van der Waals surface area contributed by atoms with E-state index in [0.29, 0.717) is 6.07 Å². The van der Waals surface area contributed by atoms with E-state index in [1.165, 1.54) is 6.92 Å². The van der Waals surface area contributed by atoms with Gasteiger partial charge in [-0.25, -0.2) is 0 Å². The van der Waals surface area contributed by atoms with Crippen LogP contribution in [-0.4, -0.2) is 17.6 Å². The molecule has 1 rings (SSSR count). The molecule has 0 saturated heterocycles. The second kappa shape index (κ2) is 7.42. The summed E-state index contributed by atoms with van der Waals surface area (Å²) in [5, 5.41) is 8.91. The monoisotopic (exact) mass is 357 g/mol. The standard InChI is InChI=1S/C15H17F6NO2/c1-8(5-10(7-22)13(23)24)4-9-2-3-11(14(16,17)18)6-12(9)15(19,20)21/h2-3,6,8,10H,4-5,7,22H2,1H3,(H,23,24). The molecule has 0 heterocycles. The third kappa shape index (κ3) is 5.40. The molecule has 0 amide bonds. The van der Waals surface area contributed by atoms with Crippen LogP contribution in [0, 0.1) is 11.8 Å². The lowest BCUT2D eigenvalue weighted by molar-refractivity contribution is -0.144. The molecule has 0 aliphatic heterocycles. The van der Waals surface area contributed by atoms with Gasteiger partial charge in [-0.05, 0) is 36.5 Å². The van der Waals surface area contributed by atoms with E-state index in [0.717, 1.165) is 6.07 Å². The van der Waals surface area contributed by atoms with Crippen molar-refractivity contribution in [3.63, 3.8) is 0 Å². The Balaban J connectivity index is 3.09. The summed E-state index contributed by atoms with van der Waals surface area (Å²) in [7, 11) is 0. The Labute approximate surface area is 134 Å². The van der Waals surface area contributed by atoms with Crippen LogP contribution in [-0.2, 0) is 23.6 Å².